The largest absolute Gasteiger partial charge is 0.394 e. The molecule has 9 aliphatic rings. The van der Waals surface area contributed by atoms with Crippen LogP contribution in [0.4, 0.5) is 0 Å². The van der Waals surface area contributed by atoms with E-state index < -0.39 is 151 Å². The summed E-state index contributed by atoms with van der Waals surface area (Å²) in [6.07, 6.45) is -16.3. The van der Waals surface area contributed by atoms with Crippen LogP contribution >= 0.6 is 0 Å². The minimum absolute atomic E-state index is 0.00898. The van der Waals surface area contributed by atoms with Crippen LogP contribution in [-0.2, 0) is 33.2 Å². The maximum atomic E-state index is 12.5. The molecule has 4 saturated heterocycles. The monoisotopic (exact) mass is 947 g/mol. The molecule has 0 radical (unpaired) electrons. The first-order chi connectivity index (χ1) is 30.8. The quantitative estimate of drug-likeness (QED) is 0.112. The van der Waals surface area contributed by atoms with Crippen molar-refractivity contribution in [1.29, 1.82) is 0 Å². The molecule has 5 aliphatic carbocycles. The molecule has 4 heterocycles. The third-order valence-corrected chi connectivity index (χ3v) is 19.9. The third kappa shape index (κ3) is 7.22. The Balaban J connectivity index is 1.01. The number of hydrogen-bond donors (Lipinski definition) is 12. The lowest BCUT2D eigenvalue weighted by Gasteiger charge is -2.65. The van der Waals surface area contributed by atoms with Crippen LogP contribution in [0.25, 0.3) is 0 Å². The van der Waals surface area contributed by atoms with Gasteiger partial charge in [-0.3, -0.25) is 0 Å². The van der Waals surface area contributed by atoms with Crippen LogP contribution in [0.1, 0.15) is 106 Å². The Morgan fingerprint density at radius 2 is 1.20 bits per heavy atom. The number of rotatable bonds is 10. The van der Waals surface area contributed by atoms with Gasteiger partial charge in [0, 0.05) is 5.92 Å². The molecular formula is C47H78O19. The molecule has 0 unspecified atom stereocenters. The van der Waals surface area contributed by atoms with Gasteiger partial charge in [-0.15, -0.1) is 0 Å². The van der Waals surface area contributed by atoms with Crippen molar-refractivity contribution in [2.45, 2.75) is 228 Å². The second kappa shape index (κ2) is 16.9. The topological polar surface area (TPSA) is 307 Å². The van der Waals surface area contributed by atoms with Crippen molar-refractivity contribution in [3.63, 3.8) is 0 Å². The molecule has 2 spiro atoms. The van der Waals surface area contributed by atoms with Gasteiger partial charge in [-0.05, 0) is 117 Å². The van der Waals surface area contributed by atoms with E-state index in [1.807, 2.05) is 13.8 Å². The summed E-state index contributed by atoms with van der Waals surface area (Å²) in [4.78, 5) is 0. The van der Waals surface area contributed by atoms with E-state index in [4.69, 9.17) is 33.2 Å². The van der Waals surface area contributed by atoms with E-state index in [2.05, 4.69) is 34.6 Å². The smallest absolute Gasteiger partial charge is 0.187 e. The van der Waals surface area contributed by atoms with Crippen LogP contribution in [0.15, 0.2) is 0 Å². The van der Waals surface area contributed by atoms with Crippen molar-refractivity contribution >= 4 is 0 Å². The predicted octanol–water partition coefficient (Wildman–Crippen LogP) is -1.45. The fourth-order valence-corrected chi connectivity index (χ4v) is 16.4. The highest BCUT2D eigenvalue weighted by Gasteiger charge is 2.85. The zero-order valence-electron chi connectivity index (χ0n) is 39.3. The van der Waals surface area contributed by atoms with Crippen LogP contribution in [0, 0.1) is 44.8 Å². The van der Waals surface area contributed by atoms with Crippen molar-refractivity contribution < 1.29 is 94.4 Å². The standard InChI is InChI=1S/C47H78O19/c1-41(2)26(64-38-33(57)28(52)21(51)18-60-38)9-11-47-19-46(47)13-12-43(5)36(45(7)10-8-27(65-45)42(3,4)66-40-35(59)32(56)30(54)24(17-49)63-40)20(50)15-44(43,6)25(46)14-22(37(41)47)61-39-34(58)31(55)29(53)23(16-48)62-39/h20-40,48-59H,8-19H2,1-7H3/t20-,21+,22-,23+,24-,25-,26+,27-,28-,29+,30-,31-,32+,33-,34-,35-,36-,37+,38-,39+,40+,43+,44-,45+,46-,47+/m0/s1. The molecule has 19 nitrogen and oxygen atoms in total. The van der Waals surface area contributed by atoms with Gasteiger partial charge >= 0.3 is 0 Å². The summed E-state index contributed by atoms with van der Waals surface area (Å²) in [5.74, 6) is -0.523. The zero-order valence-corrected chi connectivity index (χ0v) is 39.3. The number of aliphatic hydroxyl groups is 12. The first kappa shape index (κ1) is 50.2. The Kier molecular flexibility index (Phi) is 12.9. The molecule has 0 bridgehead atoms. The summed E-state index contributed by atoms with van der Waals surface area (Å²) in [5.41, 5.74) is -3.88. The molecule has 0 aromatic carbocycles. The van der Waals surface area contributed by atoms with Gasteiger partial charge in [-0.25, -0.2) is 0 Å². The molecule has 9 fully saturated rings. The molecule has 0 aromatic heterocycles. The minimum Gasteiger partial charge on any atom is -0.394 e. The molecule has 12 N–H and O–H groups in total. The van der Waals surface area contributed by atoms with Crippen LogP contribution in [0.3, 0.4) is 0 Å². The van der Waals surface area contributed by atoms with Crippen LogP contribution in [0.2, 0.25) is 0 Å². The van der Waals surface area contributed by atoms with Crippen LogP contribution in [0.5, 0.6) is 0 Å². The average molecular weight is 947 g/mol. The zero-order chi connectivity index (χ0) is 48.1. The fraction of sp³-hybridized carbons (Fsp3) is 1.00. The lowest BCUT2D eigenvalue weighted by atomic mass is 9.41. The van der Waals surface area contributed by atoms with E-state index in [9.17, 15) is 61.3 Å². The Morgan fingerprint density at radius 3 is 1.83 bits per heavy atom. The molecule has 9 rings (SSSR count). The average Bonchev–Trinajstić information content (AvgIpc) is 3.63. The molecular weight excluding hydrogens is 868 g/mol. The molecule has 66 heavy (non-hydrogen) atoms. The van der Waals surface area contributed by atoms with Gasteiger partial charge in [0.05, 0.1) is 55.4 Å². The van der Waals surface area contributed by atoms with E-state index in [0.29, 0.717) is 32.1 Å². The van der Waals surface area contributed by atoms with E-state index in [-0.39, 0.29) is 35.2 Å². The summed E-state index contributed by atoms with van der Waals surface area (Å²) < 4.78 is 44.3. The SMILES string of the molecule is CC(C)(O[C@H]1O[C@@H](CO)[C@H](O)[C@@H](O)[C@@H]1O)[C@@H]1CC[C@](C)([C@H]2[C@@H](O)C[C@@]3(C)[C@@H]4C[C@H](O[C@@H]5O[C@H](CO)[C@@H](O)[C@H](O)[C@@H]5O)[C@@H]5C(C)(C)[C@H](O[C@@H]6OC[C@@H](O)[C@H](O)[C@@H]6O)CC[C@@]56C[C@@]46CC[C@]23C)O1. The molecule has 0 aromatic rings. The van der Waals surface area contributed by atoms with E-state index in [0.717, 1.165) is 25.7 Å². The van der Waals surface area contributed by atoms with E-state index in [1.54, 1.807) is 0 Å². The number of fused-ring (bicyclic) bond motifs is 2. The third-order valence-electron chi connectivity index (χ3n) is 19.9. The van der Waals surface area contributed by atoms with Crippen molar-refractivity contribution in [2.24, 2.45) is 44.8 Å². The summed E-state index contributed by atoms with van der Waals surface area (Å²) in [6, 6.07) is 0. The maximum Gasteiger partial charge on any atom is 0.187 e. The lowest BCUT2D eigenvalue weighted by molar-refractivity contribution is -0.339. The summed E-state index contributed by atoms with van der Waals surface area (Å²) in [6.45, 7) is 13.0. The van der Waals surface area contributed by atoms with Gasteiger partial charge in [0.1, 0.15) is 67.1 Å². The highest BCUT2D eigenvalue weighted by Crippen LogP contribution is 2.89. The van der Waals surface area contributed by atoms with Crippen molar-refractivity contribution in [2.75, 3.05) is 19.8 Å². The highest BCUT2D eigenvalue weighted by molar-refractivity contribution is 5.33. The Bertz CT molecular complexity index is 1770. The molecule has 5 saturated carbocycles. The van der Waals surface area contributed by atoms with Gasteiger partial charge in [0.2, 0.25) is 0 Å². The normalized spacial score (nSPS) is 58.0. The van der Waals surface area contributed by atoms with Crippen LogP contribution < -0.4 is 0 Å². The van der Waals surface area contributed by atoms with Gasteiger partial charge in [-0.1, -0.05) is 27.7 Å². The summed E-state index contributed by atoms with van der Waals surface area (Å²) in [7, 11) is 0. The minimum atomic E-state index is -1.65. The van der Waals surface area contributed by atoms with Gasteiger partial charge in [0.25, 0.3) is 0 Å². The van der Waals surface area contributed by atoms with Crippen molar-refractivity contribution in [3.8, 4) is 0 Å². The van der Waals surface area contributed by atoms with Crippen LogP contribution in [-0.4, -0.2) is 203 Å². The Hall–Kier alpha value is -0.760. The molecule has 4 aliphatic heterocycles. The Labute approximate surface area is 386 Å². The van der Waals surface area contributed by atoms with Crippen molar-refractivity contribution in [1.82, 2.24) is 0 Å². The van der Waals surface area contributed by atoms with E-state index >= 15 is 0 Å². The molecule has 26 atom stereocenters. The molecule has 19 heteroatoms. The van der Waals surface area contributed by atoms with Crippen molar-refractivity contribution in [3.05, 3.63) is 0 Å². The fourth-order valence-electron chi connectivity index (χ4n) is 16.4. The van der Waals surface area contributed by atoms with Gasteiger partial charge in [0.15, 0.2) is 18.9 Å². The van der Waals surface area contributed by atoms with E-state index in [1.165, 1.54) is 0 Å². The number of ether oxygens (including phenoxy) is 7. The number of hydrogen-bond acceptors (Lipinski definition) is 19. The summed E-state index contributed by atoms with van der Waals surface area (Å²) in [5, 5.41) is 129. The number of aliphatic hydroxyl groups excluding tert-OH is 12. The summed E-state index contributed by atoms with van der Waals surface area (Å²) >= 11 is 0. The maximum absolute atomic E-state index is 12.5. The highest BCUT2D eigenvalue weighted by atomic mass is 16.7. The van der Waals surface area contributed by atoms with Gasteiger partial charge < -0.3 is 94.4 Å². The second-order valence-corrected chi connectivity index (χ2v) is 23.8. The molecule has 380 valence electrons. The molecule has 0 amide bonds. The lowest BCUT2D eigenvalue weighted by Crippen LogP contribution is -2.65. The predicted molar refractivity (Wildman–Crippen MR) is 226 cm³/mol. The second-order valence-electron chi connectivity index (χ2n) is 23.8. The first-order valence-corrected chi connectivity index (χ1v) is 24.4. The van der Waals surface area contributed by atoms with Gasteiger partial charge in [-0.2, -0.15) is 0 Å². The first-order valence-electron chi connectivity index (χ1n) is 24.4. The Morgan fingerprint density at radius 1 is 0.591 bits per heavy atom.